The number of hydrogen-bond donors (Lipinski definition) is 0. The highest BCUT2D eigenvalue weighted by Crippen LogP contribution is 2.44. The summed E-state index contributed by atoms with van der Waals surface area (Å²) in [5.41, 5.74) is 0. The first-order chi connectivity index (χ1) is 4.70. The highest BCUT2D eigenvalue weighted by molar-refractivity contribution is 4.99. The van der Waals surface area contributed by atoms with E-state index in [1.807, 2.05) is 0 Å². The fourth-order valence-electron chi connectivity index (χ4n) is 2.89. The Hall–Kier alpha value is -0.0400. The van der Waals surface area contributed by atoms with E-state index in [1.165, 1.54) is 12.8 Å². The first-order valence-corrected chi connectivity index (χ1v) is 4.42. The third kappa shape index (κ3) is 0.672. The maximum atomic E-state index is 2.56. The summed E-state index contributed by atoms with van der Waals surface area (Å²) in [6.45, 7) is 4.79. The lowest BCUT2D eigenvalue weighted by atomic mass is 9.91. The molecule has 0 spiro atoms. The second kappa shape index (κ2) is 1.97. The fraction of sp³-hybridized carbons (Fsp3) is 1.00. The van der Waals surface area contributed by atoms with Gasteiger partial charge in [0.05, 0.1) is 0 Å². The molecule has 1 saturated heterocycles. The average Bonchev–Trinajstić information content (AvgIpc) is 2.36. The third-order valence-corrected chi connectivity index (χ3v) is 3.76. The first-order valence-electron chi connectivity index (χ1n) is 4.42. The Balaban J connectivity index is 2.16. The second-order valence-electron chi connectivity index (χ2n) is 4.17. The van der Waals surface area contributed by atoms with Crippen molar-refractivity contribution in [2.45, 2.75) is 38.8 Å². The van der Waals surface area contributed by atoms with Crippen LogP contribution in [0.2, 0.25) is 0 Å². The van der Waals surface area contributed by atoms with E-state index in [-0.39, 0.29) is 0 Å². The van der Waals surface area contributed by atoms with E-state index in [9.17, 15) is 0 Å². The molecule has 0 N–H and O–H groups in total. The molecule has 0 aromatic heterocycles. The summed E-state index contributed by atoms with van der Waals surface area (Å²) in [5.74, 6) is 2.01. The number of rotatable bonds is 0. The zero-order chi connectivity index (χ0) is 7.30. The molecule has 1 aliphatic heterocycles. The van der Waals surface area contributed by atoms with Gasteiger partial charge in [0.15, 0.2) is 0 Å². The van der Waals surface area contributed by atoms with Crippen LogP contribution < -0.4 is 0 Å². The zero-order valence-electron chi connectivity index (χ0n) is 7.17. The van der Waals surface area contributed by atoms with Crippen molar-refractivity contribution in [1.29, 1.82) is 0 Å². The highest BCUT2D eigenvalue weighted by atomic mass is 15.2. The van der Waals surface area contributed by atoms with E-state index in [0.29, 0.717) is 0 Å². The fourth-order valence-corrected chi connectivity index (χ4v) is 2.89. The Bertz CT molecular complexity index is 142. The van der Waals surface area contributed by atoms with Gasteiger partial charge in [0, 0.05) is 12.1 Å². The molecule has 2 bridgehead atoms. The molecule has 3 unspecified atom stereocenters. The van der Waals surface area contributed by atoms with Crippen molar-refractivity contribution < 1.29 is 0 Å². The molecule has 4 atom stereocenters. The van der Waals surface area contributed by atoms with Crippen molar-refractivity contribution in [3.63, 3.8) is 0 Å². The number of fused-ring (bicyclic) bond motifs is 2. The predicted octanol–water partition coefficient (Wildman–Crippen LogP) is 1.74. The molecule has 2 rings (SSSR count). The largest absolute Gasteiger partial charge is 0.300 e. The topological polar surface area (TPSA) is 3.24 Å². The van der Waals surface area contributed by atoms with Gasteiger partial charge in [-0.1, -0.05) is 6.92 Å². The van der Waals surface area contributed by atoms with E-state index < -0.39 is 0 Å². The Morgan fingerprint density at radius 1 is 1.20 bits per heavy atom. The molecule has 2 aliphatic rings. The molecule has 58 valence electrons. The molecule has 0 amide bonds. The molecule has 2 fully saturated rings. The molecule has 1 heteroatoms. The molecular weight excluding hydrogens is 122 g/mol. The molecule has 10 heavy (non-hydrogen) atoms. The standard InChI is InChI=1S/C9H17N/c1-6-4-8-5-9(6)7(2)10(8)3/h6-9H,4-5H2,1-3H3/t6?,7-,8?,9?/m1/s1. The number of likely N-dealkylation sites (tertiary alicyclic amines) is 1. The molecule has 0 radical (unpaired) electrons. The van der Waals surface area contributed by atoms with Crippen molar-refractivity contribution in [2.75, 3.05) is 7.05 Å². The Morgan fingerprint density at radius 2 is 1.90 bits per heavy atom. The molecule has 1 aliphatic carbocycles. The summed E-state index contributed by atoms with van der Waals surface area (Å²) in [6, 6.07) is 1.78. The monoisotopic (exact) mass is 139 g/mol. The lowest BCUT2D eigenvalue weighted by Crippen LogP contribution is -2.38. The van der Waals surface area contributed by atoms with E-state index in [2.05, 4.69) is 25.8 Å². The summed E-state index contributed by atoms with van der Waals surface area (Å²) in [7, 11) is 2.28. The molecule has 0 aromatic rings. The molecule has 1 saturated carbocycles. The Kier molecular flexibility index (Phi) is 1.31. The van der Waals surface area contributed by atoms with Gasteiger partial charge in [-0.2, -0.15) is 0 Å². The van der Waals surface area contributed by atoms with Crippen LogP contribution in [0, 0.1) is 11.8 Å². The van der Waals surface area contributed by atoms with Crippen LogP contribution >= 0.6 is 0 Å². The number of hydrogen-bond acceptors (Lipinski definition) is 1. The van der Waals surface area contributed by atoms with Gasteiger partial charge in [-0.3, -0.25) is 0 Å². The van der Waals surface area contributed by atoms with Crippen LogP contribution in [0.25, 0.3) is 0 Å². The van der Waals surface area contributed by atoms with Crippen molar-refractivity contribution in [3.8, 4) is 0 Å². The van der Waals surface area contributed by atoms with Crippen molar-refractivity contribution in [2.24, 2.45) is 11.8 Å². The van der Waals surface area contributed by atoms with Gasteiger partial charge in [-0.25, -0.2) is 0 Å². The summed E-state index contributed by atoms with van der Waals surface area (Å²) in [5, 5.41) is 0. The lowest BCUT2D eigenvalue weighted by Gasteiger charge is -2.32. The van der Waals surface area contributed by atoms with Crippen LogP contribution in [0.4, 0.5) is 0 Å². The van der Waals surface area contributed by atoms with Gasteiger partial charge in [0.2, 0.25) is 0 Å². The van der Waals surface area contributed by atoms with Crippen LogP contribution in [0.15, 0.2) is 0 Å². The van der Waals surface area contributed by atoms with E-state index >= 15 is 0 Å². The molecule has 1 nitrogen and oxygen atoms in total. The van der Waals surface area contributed by atoms with Gasteiger partial charge < -0.3 is 4.90 Å². The summed E-state index contributed by atoms with van der Waals surface area (Å²) in [6.07, 6.45) is 2.92. The summed E-state index contributed by atoms with van der Waals surface area (Å²) < 4.78 is 0. The predicted molar refractivity (Wildman–Crippen MR) is 42.9 cm³/mol. The van der Waals surface area contributed by atoms with Gasteiger partial charge in [-0.05, 0) is 38.6 Å². The molecule has 0 aromatic carbocycles. The number of nitrogens with zero attached hydrogens (tertiary/aromatic N) is 1. The minimum Gasteiger partial charge on any atom is -0.300 e. The van der Waals surface area contributed by atoms with E-state index in [1.54, 1.807) is 0 Å². The van der Waals surface area contributed by atoms with Gasteiger partial charge >= 0.3 is 0 Å². The minimum atomic E-state index is 0.855. The molecular formula is C9H17N. The van der Waals surface area contributed by atoms with Crippen molar-refractivity contribution >= 4 is 0 Å². The van der Waals surface area contributed by atoms with E-state index in [4.69, 9.17) is 0 Å². The first kappa shape index (κ1) is 6.66. The zero-order valence-corrected chi connectivity index (χ0v) is 7.17. The minimum absolute atomic E-state index is 0.855. The second-order valence-corrected chi connectivity index (χ2v) is 4.17. The summed E-state index contributed by atoms with van der Waals surface area (Å²) in [4.78, 5) is 2.56. The van der Waals surface area contributed by atoms with Crippen LogP contribution in [-0.4, -0.2) is 24.0 Å². The maximum absolute atomic E-state index is 2.56. The lowest BCUT2D eigenvalue weighted by molar-refractivity contribution is 0.152. The SMILES string of the molecule is CC1CC2CC1[C@@H](C)N2C. The Morgan fingerprint density at radius 3 is 2.30 bits per heavy atom. The molecule has 1 heterocycles. The summed E-state index contributed by atoms with van der Waals surface area (Å²) >= 11 is 0. The van der Waals surface area contributed by atoms with E-state index in [0.717, 1.165) is 23.9 Å². The smallest absolute Gasteiger partial charge is 0.0101 e. The normalized spacial score (nSPS) is 54.3. The average molecular weight is 139 g/mol. The highest BCUT2D eigenvalue weighted by Gasteiger charge is 2.45. The quantitative estimate of drug-likeness (QED) is 0.494. The van der Waals surface area contributed by atoms with Gasteiger partial charge in [0.25, 0.3) is 0 Å². The third-order valence-electron chi connectivity index (χ3n) is 3.76. The van der Waals surface area contributed by atoms with Crippen molar-refractivity contribution in [3.05, 3.63) is 0 Å². The van der Waals surface area contributed by atoms with Crippen molar-refractivity contribution in [1.82, 2.24) is 4.90 Å². The van der Waals surface area contributed by atoms with Crippen LogP contribution in [0.5, 0.6) is 0 Å². The van der Waals surface area contributed by atoms with Crippen LogP contribution in [0.1, 0.15) is 26.7 Å². The van der Waals surface area contributed by atoms with Crippen LogP contribution in [0.3, 0.4) is 0 Å². The van der Waals surface area contributed by atoms with Crippen LogP contribution in [-0.2, 0) is 0 Å². The van der Waals surface area contributed by atoms with Gasteiger partial charge in [0.1, 0.15) is 0 Å². The maximum Gasteiger partial charge on any atom is 0.0101 e. The number of piperidine rings is 1. The Labute approximate surface area is 63.4 Å². The van der Waals surface area contributed by atoms with Gasteiger partial charge in [-0.15, -0.1) is 0 Å².